The Kier molecular flexibility index (Phi) is 5.48. The highest BCUT2D eigenvalue weighted by molar-refractivity contribution is 6.03. The van der Waals surface area contributed by atoms with E-state index in [0.29, 0.717) is 29.3 Å². The summed E-state index contributed by atoms with van der Waals surface area (Å²) in [6, 6.07) is 10.6. The number of aromatic amines is 1. The molecule has 0 spiro atoms. The lowest BCUT2D eigenvalue weighted by molar-refractivity contribution is 0.386. The van der Waals surface area contributed by atoms with Crippen molar-refractivity contribution in [3.63, 3.8) is 0 Å². The summed E-state index contributed by atoms with van der Waals surface area (Å²) in [4.78, 5) is 27.5. The fraction of sp³-hybridized carbons (Fsp3) is 0.261. The lowest BCUT2D eigenvalue weighted by Crippen LogP contribution is -2.33. The van der Waals surface area contributed by atoms with E-state index in [9.17, 15) is 14.7 Å². The monoisotopic (exact) mass is 436 g/mol. The van der Waals surface area contributed by atoms with Gasteiger partial charge in [-0.2, -0.15) is 5.10 Å². The summed E-state index contributed by atoms with van der Waals surface area (Å²) in [7, 11) is 3.13. The summed E-state index contributed by atoms with van der Waals surface area (Å²) in [6.07, 6.45) is 0.310. The third-order valence-electron chi connectivity index (χ3n) is 5.41. The van der Waals surface area contributed by atoms with Gasteiger partial charge in [-0.25, -0.2) is 9.36 Å². The molecule has 2 heterocycles. The van der Waals surface area contributed by atoms with E-state index in [2.05, 4.69) is 15.5 Å². The van der Waals surface area contributed by atoms with Crippen molar-refractivity contribution in [3.05, 3.63) is 79.5 Å². The SMILES string of the molecule is COc1ccc([C@@H]2CC(c3c(O)n(-c4cc(C)cc(C)c4)c(=O)[nH]c3=O)=NN2)c(OC)c1. The number of methoxy groups -OCH3 is 2. The highest BCUT2D eigenvalue weighted by Gasteiger charge is 2.29. The molecule has 3 N–H and O–H groups in total. The molecule has 1 aliphatic rings. The molecule has 3 aromatic rings. The van der Waals surface area contributed by atoms with Crippen molar-refractivity contribution >= 4 is 5.71 Å². The number of benzene rings is 2. The lowest BCUT2D eigenvalue weighted by Gasteiger charge is -2.16. The number of aromatic hydroxyl groups is 1. The summed E-state index contributed by atoms with van der Waals surface area (Å²) < 4.78 is 11.8. The molecule has 0 aliphatic carbocycles. The fourth-order valence-electron chi connectivity index (χ4n) is 3.99. The van der Waals surface area contributed by atoms with Gasteiger partial charge < -0.3 is 20.0 Å². The van der Waals surface area contributed by atoms with Crippen molar-refractivity contribution in [3.8, 4) is 23.1 Å². The average molecular weight is 436 g/mol. The van der Waals surface area contributed by atoms with Crippen LogP contribution in [-0.2, 0) is 0 Å². The van der Waals surface area contributed by atoms with Crippen molar-refractivity contribution in [2.75, 3.05) is 14.2 Å². The van der Waals surface area contributed by atoms with Crippen LogP contribution in [0.2, 0.25) is 0 Å². The second kappa shape index (κ2) is 8.26. The number of ether oxygens (including phenoxy) is 2. The van der Waals surface area contributed by atoms with Crippen LogP contribution in [0.4, 0.5) is 0 Å². The number of rotatable bonds is 5. The summed E-state index contributed by atoms with van der Waals surface area (Å²) in [6.45, 7) is 3.78. The van der Waals surface area contributed by atoms with Crippen LogP contribution in [0.15, 0.2) is 51.1 Å². The Bertz CT molecular complexity index is 1320. The van der Waals surface area contributed by atoms with Crippen LogP contribution in [0.1, 0.15) is 34.7 Å². The van der Waals surface area contributed by atoms with Crippen molar-refractivity contribution in [1.29, 1.82) is 0 Å². The first-order chi connectivity index (χ1) is 15.3. The van der Waals surface area contributed by atoms with Gasteiger partial charge in [0.05, 0.1) is 31.7 Å². The number of hydrazone groups is 1. The highest BCUT2D eigenvalue weighted by atomic mass is 16.5. The summed E-state index contributed by atoms with van der Waals surface area (Å²) in [5, 5.41) is 15.3. The quantitative estimate of drug-likeness (QED) is 0.565. The van der Waals surface area contributed by atoms with Gasteiger partial charge in [0.15, 0.2) is 0 Å². The van der Waals surface area contributed by atoms with E-state index in [0.717, 1.165) is 21.3 Å². The highest BCUT2D eigenvalue weighted by Crippen LogP contribution is 2.34. The molecule has 9 nitrogen and oxygen atoms in total. The summed E-state index contributed by atoms with van der Waals surface area (Å²) in [5.74, 6) is 0.808. The number of H-pyrrole nitrogens is 1. The maximum Gasteiger partial charge on any atom is 0.335 e. The maximum atomic E-state index is 12.6. The van der Waals surface area contributed by atoms with Crippen LogP contribution in [0, 0.1) is 13.8 Å². The zero-order chi connectivity index (χ0) is 23.0. The Morgan fingerprint density at radius 2 is 1.78 bits per heavy atom. The Morgan fingerprint density at radius 1 is 1.06 bits per heavy atom. The van der Waals surface area contributed by atoms with Crippen LogP contribution in [0.5, 0.6) is 17.4 Å². The zero-order valence-electron chi connectivity index (χ0n) is 18.2. The maximum absolute atomic E-state index is 12.6. The van der Waals surface area contributed by atoms with Crippen LogP contribution >= 0.6 is 0 Å². The van der Waals surface area contributed by atoms with Crippen LogP contribution < -0.4 is 26.1 Å². The van der Waals surface area contributed by atoms with Crippen LogP contribution in [-0.4, -0.2) is 34.6 Å². The van der Waals surface area contributed by atoms with E-state index >= 15 is 0 Å². The molecule has 0 saturated carbocycles. The molecule has 4 rings (SSSR count). The van der Waals surface area contributed by atoms with Crippen LogP contribution in [0.25, 0.3) is 5.69 Å². The molecule has 32 heavy (non-hydrogen) atoms. The van der Waals surface area contributed by atoms with E-state index in [1.165, 1.54) is 0 Å². The molecule has 0 radical (unpaired) electrons. The standard InChI is InChI=1S/C23H24N4O5/c1-12-7-13(2)9-14(8-12)27-22(29)20(21(28)24-23(27)30)18-11-17(25-26-18)16-6-5-15(31-3)10-19(16)32-4/h5-10,17,25,29H,11H2,1-4H3,(H,24,28,30)/t17-/m0/s1. The number of hydrogen-bond donors (Lipinski definition) is 3. The second-order valence-corrected chi connectivity index (χ2v) is 7.69. The molecule has 9 heteroatoms. The third-order valence-corrected chi connectivity index (χ3v) is 5.41. The van der Waals surface area contributed by atoms with E-state index in [4.69, 9.17) is 9.47 Å². The molecular weight excluding hydrogens is 412 g/mol. The van der Waals surface area contributed by atoms with Gasteiger partial charge in [0.1, 0.15) is 17.1 Å². The first-order valence-electron chi connectivity index (χ1n) is 10.0. The molecule has 1 atom stereocenters. The Hall–Kier alpha value is -4.01. The number of nitrogens with zero attached hydrogens (tertiary/aromatic N) is 2. The molecular formula is C23H24N4O5. The largest absolute Gasteiger partial charge is 0.497 e. The molecule has 166 valence electrons. The fourth-order valence-corrected chi connectivity index (χ4v) is 3.99. The first-order valence-corrected chi connectivity index (χ1v) is 10.0. The minimum Gasteiger partial charge on any atom is -0.497 e. The zero-order valence-corrected chi connectivity index (χ0v) is 18.2. The van der Waals surface area contributed by atoms with Crippen molar-refractivity contribution < 1.29 is 14.6 Å². The minimum atomic E-state index is -0.721. The second-order valence-electron chi connectivity index (χ2n) is 7.69. The first kappa shape index (κ1) is 21.2. The number of nitrogens with one attached hydrogen (secondary N) is 2. The van der Waals surface area contributed by atoms with E-state index in [1.807, 2.05) is 32.0 Å². The molecule has 1 aliphatic heterocycles. The summed E-state index contributed by atoms with van der Waals surface area (Å²) in [5.41, 5.74) is 4.99. The van der Waals surface area contributed by atoms with Gasteiger partial charge in [-0.15, -0.1) is 0 Å². The van der Waals surface area contributed by atoms with Gasteiger partial charge in [0.25, 0.3) is 5.56 Å². The topological polar surface area (TPSA) is 118 Å². The Morgan fingerprint density at radius 3 is 2.44 bits per heavy atom. The molecule has 0 amide bonds. The molecule has 2 aromatic carbocycles. The molecule has 0 bridgehead atoms. The van der Waals surface area contributed by atoms with E-state index in [1.54, 1.807) is 32.4 Å². The summed E-state index contributed by atoms with van der Waals surface area (Å²) >= 11 is 0. The predicted octanol–water partition coefficient (Wildman–Crippen LogP) is 2.30. The van der Waals surface area contributed by atoms with E-state index in [-0.39, 0.29) is 11.6 Å². The minimum absolute atomic E-state index is 0.0498. The van der Waals surface area contributed by atoms with E-state index < -0.39 is 17.1 Å². The van der Waals surface area contributed by atoms with Crippen molar-refractivity contribution in [2.45, 2.75) is 26.3 Å². The normalized spacial score (nSPS) is 15.2. The molecule has 0 saturated heterocycles. The van der Waals surface area contributed by atoms with Gasteiger partial charge in [-0.1, -0.05) is 6.07 Å². The molecule has 0 unspecified atom stereocenters. The number of aromatic nitrogens is 2. The number of aryl methyl sites for hydroxylation is 2. The van der Waals surface area contributed by atoms with Crippen LogP contribution in [0.3, 0.4) is 0 Å². The van der Waals surface area contributed by atoms with Gasteiger partial charge in [-0.3, -0.25) is 9.78 Å². The van der Waals surface area contributed by atoms with Gasteiger partial charge in [0.2, 0.25) is 5.88 Å². The van der Waals surface area contributed by atoms with Crippen molar-refractivity contribution in [2.24, 2.45) is 5.10 Å². The molecule has 1 aromatic heterocycles. The van der Waals surface area contributed by atoms with Gasteiger partial charge in [-0.05, 0) is 49.2 Å². The Balaban J connectivity index is 1.74. The van der Waals surface area contributed by atoms with Gasteiger partial charge in [0, 0.05) is 18.1 Å². The molecule has 0 fully saturated rings. The average Bonchev–Trinajstić information content (AvgIpc) is 3.21. The third kappa shape index (κ3) is 3.73. The predicted molar refractivity (Wildman–Crippen MR) is 120 cm³/mol. The Labute approximate surface area is 184 Å². The van der Waals surface area contributed by atoms with Crippen molar-refractivity contribution in [1.82, 2.24) is 15.0 Å². The number of hydrogen-bond acceptors (Lipinski definition) is 7. The lowest BCUT2D eigenvalue weighted by atomic mass is 9.99. The smallest absolute Gasteiger partial charge is 0.335 e. The van der Waals surface area contributed by atoms with Gasteiger partial charge >= 0.3 is 5.69 Å².